The second-order valence-electron chi connectivity index (χ2n) is 2.51. The number of aromatic nitrogens is 1. The summed E-state index contributed by atoms with van der Waals surface area (Å²) in [4.78, 5) is 4.15. The fourth-order valence-corrected chi connectivity index (χ4v) is 1.10. The van der Waals surface area contributed by atoms with Crippen molar-refractivity contribution in [2.75, 3.05) is 0 Å². The van der Waals surface area contributed by atoms with Crippen LogP contribution in [0.15, 0.2) is 29.0 Å². The first-order valence-electron chi connectivity index (χ1n) is 3.72. The molecular formula is C9H9NO. The number of hydrogen-bond acceptors (Lipinski definition) is 2. The first-order chi connectivity index (χ1) is 5.40. The maximum atomic E-state index is 5.11. The summed E-state index contributed by atoms with van der Waals surface area (Å²) in [5, 5.41) is 1.09. The van der Waals surface area contributed by atoms with Gasteiger partial charge in [0.1, 0.15) is 0 Å². The summed E-state index contributed by atoms with van der Waals surface area (Å²) >= 11 is 0. The molecule has 0 aliphatic carbocycles. The second-order valence-corrected chi connectivity index (χ2v) is 2.51. The lowest BCUT2D eigenvalue weighted by Crippen LogP contribution is -1.80. The molecule has 2 aromatic rings. The van der Waals surface area contributed by atoms with E-state index < -0.39 is 0 Å². The highest BCUT2D eigenvalue weighted by Crippen LogP contribution is 2.13. The molecule has 0 aliphatic heterocycles. The van der Waals surface area contributed by atoms with E-state index in [4.69, 9.17) is 4.42 Å². The van der Waals surface area contributed by atoms with Gasteiger partial charge in [0, 0.05) is 11.6 Å². The van der Waals surface area contributed by atoms with E-state index in [0.717, 1.165) is 17.5 Å². The van der Waals surface area contributed by atoms with Crippen molar-refractivity contribution in [1.82, 2.24) is 4.98 Å². The minimum atomic E-state index is 0.724. The van der Waals surface area contributed by atoms with Crippen molar-refractivity contribution >= 4 is 11.1 Å². The zero-order valence-corrected chi connectivity index (χ0v) is 6.37. The van der Waals surface area contributed by atoms with E-state index >= 15 is 0 Å². The van der Waals surface area contributed by atoms with Crippen LogP contribution in [0.3, 0.4) is 0 Å². The van der Waals surface area contributed by atoms with Crippen LogP contribution in [0.2, 0.25) is 0 Å². The largest absolute Gasteiger partial charge is 0.446 e. The molecule has 0 aliphatic rings. The van der Waals surface area contributed by atoms with E-state index in [1.54, 1.807) is 6.26 Å². The predicted octanol–water partition coefficient (Wildman–Crippen LogP) is 2.39. The first-order valence-corrected chi connectivity index (χ1v) is 3.72. The predicted molar refractivity (Wildman–Crippen MR) is 43.4 cm³/mol. The van der Waals surface area contributed by atoms with Gasteiger partial charge < -0.3 is 4.42 Å². The van der Waals surface area contributed by atoms with Gasteiger partial charge in [-0.05, 0) is 24.1 Å². The van der Waals surface area contributed by atoms with E-state index in [9.17, 15) is 0 Å². The maximum Gasteiger partial charge on any atom is 0.225 e. The molecule has 2 aromatic heterocycles. The van der Waals surface area contributed by atoms with Crippen molar-refractivity contribution in [3.05, 3.63) is 30.2 Å². The number of furan rings is 1. The maximum absolute atomic E-state index is 5.11. The van der Waals surface area contributed by atoms with Gasteiger partial charge in [-0.15, -0.1) is 0 Å². The van der Waals surface area contributed by atoms with Crippen LogP contribution in [0.1, 0.15) is 12.5 Å². The molecule has 56 valence electrons. The number of rotatable bonds is 1. The summed E-state index contributed by atoms with van der Waals surface area (Å²) in [6.07, 6.45) is 4.54. The highest BCUT2D eigenvalue weighted by atomic mass is 16.3. The lowest BCUT2D eigenvalue weighted by atomic mass is 10.2. The number of hydrogen-bond donors (Lipinski definition) is 0. The van der Waals surface area contributed by atoms with E-state index in [2.05, 4.69) is 18.0 Å². The monoisotopic (exact) mass is 147 g/mol. The zero-order chi connectivity index (χ0) is 7.68. The second kappa shape index (κ2) is 2.38. The Morgan fingerprint density at radius 1 is 1.55 bits per heavy atom. The third kappa shape index (κ3) is 1.00. The molecule has 0 aromatic carbocycles. The van der Waals surface area contributed by atoms with Gasteiger partial charge in [-0.3, -0.25) is 0 Å². The highest BCUT2D eigenvalue weighted by molar-refractivity contribution is 5.73. The SMILES string of the molecule is CCc1cnc2occc2c1. The van der Waals surface area contributed by atoms with Gasteiger partial charge >= 0.3 is 0 Å². The van der Waals surface area contributed by atoms with Gasteiger partial charge in [0.2, 0.25) is 5.71 Å². The Balaban J connectivity index is 2.67. The molecule has 0 saturated carbocycles. The molecule has 2 heterocycles. The van der Waals surface area contributed by atoms with Crippen molar-refractivity contribution in [2.24, 2.45) is 0 Å². The fraction of sp³-hybridized carbons (Fsp3) is 0.222. The Kier molecular flexibility index (Phi) is 1.39. The Morgan fingerprint density at radius 2 is 2.45 bits per heavy atom. The van der Waals surface area contributed by atoms with Crippen LogP contribution < -0.4 is 0 Å². The van der Waals surface area contributed by atoms with Crippen LogP contribution >= 0.6 is 0 Å². The summed E-state index contributed by atoms with van der Waals surface area (Å²) in [7, 11) is 0. The fourth-order valence-electron chi connectivity index (χ4n) is 1.10. The summed E-state index contributed by atoms with van der Waals surface area (Å²) in [5.74, 6) is 0. The van der Waals surface area contributed by atoms with Crippen molar-refractivity contribution in [3.8, 4) is 0 Å². The van der Waals surface area contributed by atoms with Gasteiger partial charge in [-0.1, -0.05) is 6.92 Å². The summed E-state index contributed by atoms with van der Waals surface area (Å²) in [6, 6.07) is 4.04. The molecule has 0 amide bonds. The minimum Gasteiger partial charge on any atom is -0.446 e. The molecule has 0 unspecified atom stereocenters. The third-order valence-electron chi connectivity index (χ3n) is 1.77. The van der Waals surface area contributed by atoms with E-state index in [-0.39, 0.29) is 0 Å². The van der Waals surface area contributed by atoms with E-state index in [0.29, 0.717) is 0 Å². The normalized spacial score (nSPS) is 10.6. The Hall–Kier alpha value is -1.31. The summed E-state index contributed by atoms with van der Waals surface area (Å²) < 4.78 is 5.11. The van der Waals surface area contributed by atoms with Crippen LogP contribution in [0.25, 0.3) is 11.1 Å². The Labute approximate surface area is 64.9 Å². The third-order valence-corrected chi connectivity index (χ3v) is 1.77. The average molecular weight is 147 g/mol. The van der Waals surface area contributed by atoms with Gasteiger partial charge in [0.25, 0.3) is 0 Å². The van der Waals surface area contributed by atoms with Crippen LogP contribution in [0, 0.1) is 0 Å². The average Bonchev–Trinajstić information content (AvgIpc) is 2.50. The summed E-state index contributed by atoms with van der Waals surface area (Å²) in [6.45, 7) is 2.11. The smallest absolute Gasteiger partial charge is 0.225 e. The molecule has 0 atom stereocenters. The number of pyridine rings is 1. The molecule has 0 fully saturated rings. The molecule has 2 nitrogen and oxygen atoms in total. The number of nitrogens with zero attached hydrogens (tertiary/aromatic N) is 1. The zero-order valence-electron chi connectivity index (χ0n) is 6.37. The standard InChI is InChI=1S/C9H9NO/c1-2-7-5-8-3-4-11-9(8)10-6-7/h3-6H,2H2,1H3. The topological polar surface area (TPSA) is 26.0 Å². The van der Waals surface area contributed by atoms with Crippen LogP contribution in [-0.2, 0) is 6.42 Å². The van der Waals surface area contributed by atoms with Gasteiger partial charge in [0.05, 0.1) is 6.26 Å². The molecule has 0 radical (unpaired) electrons. The van der Waals surface area contributed by atoms with E-state index in [1.807, 2.05) is 12.3 Å². The molecule has 0 bridgehead atoms. The van der Waals surface area contributed by atoms with Crippen LogP contribution in [0.4, 0.5) is 0 Å². The lowest BCUT2D eigenvalue weighted by Gasteiger charge is -1.92. The van der Waals surface area contributed by atoms with Gasteiger partial charge in [-0.25, -0.2) is 4.98 Å². The Bertz CT molecular complexity index is 364. The molecule has 0 spiro atoms. The van der Waals surface area contributed by atoms with Gasteiger partial charge in [-0.2, -0.15) is 0 Å². The van der Waals surface area contributed by atoms with Crippen molar-refractivity contribution in [2.45, 2.75) is 13.3 Å². The summed E-state index contributed by atoms with van der Waals surface area (Å²) in [5.41, 5.74) is 1.97. The number of fused-ring (bicyclic) bond motifs is 1. The van der Waals surface area contributed by atoms with Crippen LogP contribution in [0.5, 0.6) is 0 Å². The quantitative estimate of drug-likeness (QED) is 0.619. The molecule has 0 N–H and O–H groups in total. The molecule has 2 rings (SSSR count). The van der Waals surface area contributed by atoms with E-state index in [1.165, 1.54) is 5.56 Å². The van der Waals surface area contributed by atoms with Crippen molar-refractivity contribution < 1.29 is 4.42 Å². The first kappa shape index (κ1) is 6.40. The van der Waals surface area contributed by atoms with Crippen molar-refractivity contribution in [1.29, 1.82) is 0 Å². The lowest BCUT2D eigenvalue weighted by molar-refractivity contribution is 0.603. The molecular weight excluding hydrogens is 138 g/mol. The van der Waals surface area contributed by atoms with Gasteiger partial charge in [0.15, 0.2) is 0 Å². The molecule has 2 heteroatoms. The number of aryl methyl sites for hydroxylation is 1. The molecule has 0 saturated heterocycles. The van der Waals surface area contributed by atoms with Crippen LogP contribution in [-0.4, -0.2) is 4.98 Å². The molecule has 11 heavy (non-hydrogen) atoms. The van der Waals surface area contributed by atoms with Crippen molar-refractivity contribution in [3.63, 3.8) is 0 Å². The minimum absolute atomic E-state index is 0.724. The Morgan fingerprint density at radius 3 is 3.27 bits per heavy atom. The highest BCUT2D eigenvalue weighted by Gasteiger charge is 1.97.